The summed E-state index contributed by atoms with van der Waals surface area (Å²) < 4.78 is 5.71. The number of nitrogens with one attached hydrogen (secondary N) is 1. The average molecular weight is 355 g/mol. The third kappa shape index (κ3) is 8.16. The maximum absolute atomic E-state index is 12.4. The third-order valence-corrected chi connectivity index (χ3v) is 4.98. The van der Waals surface area contributed by atoms with Crippen molar-refractivity contribution in [1.82, 2.24) is 15.1 Å². The minimum Gasteiger partial charge on any atom is -0.480 e. The Hall–Kier alpha value is -1.18. The van der Waals surface area contributed by atoms with Crippen molar-refractivity contribution in [2.24, 2.45) is 0 Å². The summed E-state index contributed by atoms with van der Waals surface area (Å²) in [7, 11) is 1.78. The summed E-state index contributed by atoms with van der Waals surface area (Å²) >= 11 is 0. The largest absolute Gasteiger partial charge is 0.480 e. The van der Waals surface area contributed by atoms with Gasteiger partial charge in [-0.25, -0.2) is 0 Å². The third-order valence-electron chi connectivity index (χ3n) is 4.98. The molecule has 0 radical (unpaired) electrons. The second-order valence-electron chi connectivity index (χ2n) is 7.43. The van der Waals surface area contributed by atoms with E-state index in [2.05, 4.69) is 10.2 Å². The van der Waals surface area contributed by atoms with Gasteiger partial charge in [0.2, 0.25) is 5.91 Å². The van der Waals surface area contributed by atoms with E-state index >= 15 is 0 Å². The Balaban J connectivity index is 1.71. The first kappa shape index (κ1) is 20.1. The Labute approximate surface area is 150 Å². The zero-order valence-electron chi connectivity index (χ0n) is 15.4. The average Bonchev–Trinajstić information content (AvgIpc) is 2.49. The van der Waals surface area contributed by atoms with Crippen molar-refractivity contribution in [3.63, 3.8) is 0 Å². The number of carbonyl (C=O) groups excluding carboxylic acids is 1. The smallest absolute Gasteiger partial charge is 0.317 e. The first-order chi connectivity index (χ1) is 12.0. The highest BCUT2D eigenvalue weighted by Crippen LogP contribution is 2.17. The Morgan fingerprint density at radius 2 is 1.88 bits per heavy atom. The van der Waals surface area contributed by atoms with Crippen LogP contribution in [0.2, 0.25) is 0 Å². The van der Waals surface area contributed by atoms with E-state index in [0.29, 0.717) is 32.3 Å². The molecule has 1 saturated carbocycles. The van der Waals surface area contributed by atoms with Crippen LogP contribution in [0.25, 0.3) is 0 Å². The summed E-state index contributed by atoms with van der Waals surface area (Å²) in [6, 6.07) is 0.325. The molecule has 0 aromatic carbocycles. The van der Waals surface area contributed by atoms with Crippen molar-refractivity contribution in [3.05, 3.63) is 0 Å². The normalized spacial score (nSPS) is 23.8. The van der Waals surface area contributed by atoms with Crippen molar-refractivity contribution in [2.45, 2.75) is 57.1 Å². The van der Waals surface area contributed by atoms with Gasteiger partial charge in [0.15, 0.2) is 0 Å². The maximum atomic E-state index is 12.4. The summed E-state index contributed by atoms with van der Waals surface area (Å²) in [4.78, 5) is 27.0. The number of likely N-dealkylation sites (N-methyl/N-ethyl adjacent to an activating group) is 1. The molecule has 0 aromatic heterocycles. The number of carboxylic acid groups (broad SMARTS) is 1. The van der Waals surface area contributed by atoms with Crippen LogP contribution in [0.15, 0.2) is 0 Å². The monoisotopic (exact) mass is 355 g/mol. The SMILES string of the molecule is CN(CC(=O)O)CC1CN(CC(=O)NC2CCCCCCC2)CCO1. The summed E-state index contributed by atoms with van der Waals surface area (Å²) in [5.41, 5.74) is 0. The highest BCUT2D eigenvalue weighted by Gasteiger charge is 2.24. The van der Waals surface area contributed by atoms with Crippen LogP contribution in [0.4, 0.5) is 0 Å². The van der Waals surface area contributed by atoms with Gasteiger partial charge < -0.3 is 15.2 Å². The van der Waals surface area contributed by atoms with Crippen molar-refractivity contribution in [3.8, 4) is 0 Å². The lowest BCUT2D eigenvalue weighted by Gasteiger charge is -2.34. The summed E-state index contributed by atoms with van der Waals surface area (Å²) in [6.45, 7) is 2.97. The number of amides is 1. The molecule has 1 aliphatic heterocycles. The van der Waals surface area contributed by atoms with Crippen molar-refractivity contribution >= 4 is 11.9 Å². The van der Waals surface area contributed by atoms with Crippen LogP contribution in [0.3, 0.4) is 0 Å². The zero-order valence-corrected chi connectivity index (χ0v) is 15.4. The van der Waals surface area contributed by atoms with Gasteiger partial charge in [-0.1, -0.05) is 32.1 Å². The minimum atomic E-state index is -0.839. The Morgan fingerprint density at radius 3 is 2.56 bits per heavy atom. The number of carboxylic acids is 1. The summed E-state index contributed by atoms with van der Waals surface area (Å²) in [5.74, 6) is -0.737. The molecule has 1 unspecified atom stereocenters. The van der Waals surface area contributed by atoms with E-state index in [1.165, 1.54) is 32.1 Å². The molecule has 2 N–H and O–H groups in total. The first-order valence-corrected chi connectivity index (χ1v) is 9.56. The number of carbonyl (C=O) groups is 2. The molecule has 144 valence electrons. The molecule has 0 spiro atoms. The first-order valence-electron chi connectivity index (χ1n) is 9.56. The molecule has 7 nitrogen and oxygen atoms in total. The van der Waals surface area contributed by atoms with Crippen molar-refractivity contribution < 1.29 is 19.4 Å². The van der Waals surface area contributed by atoms with E-state index in [-0.39, 0.29) is 18.6 Å². The van der Waals surface area contributed by atoms with Gasteiger partial charge in [-0.15, -0.1) is 0 Å². The number of hydrogen-bond acceptors (Lipinski definition) is 5. The molecule has 1 atom stereocenters. The van der Waals surface area contributed by atoms with Gasteiger partial charge in [0.1, 0.15) is 0 Å². The molecule has 2 fully saturated rings. The molecule has 2 aliphatic rings. The van der Waals surface area contributed by atoms with Crippen LogP contribution in [-0.2, 0) is 14.3 Å². The summed E-state index contributed by atoms with van der Waals surface area (Å²) in [6.07, 6.45) is 8.44. The van der Waals surface area contributed by atoms with Crippen molar-refractivity contribution in [1.29, 1.82) is 0 Å². The van der Waals surface area contributed by atoms with Crippen LogP contribution < -0.4 is 5.32 Å². The molecular formula is C18H33N3O4. The lowest BCUT2D eigenvalue weighted by atomic mass is 9.97. The number of nitrogens with zero attached hydrogens (tertiary/aromatic N) is 2. The Morgan fingerprint density at radius 1 is 1.20 bits per heavy atom. The second kappa shape index (κ2) is 10.7. The molecule has 2 rings (SSSR count). The molecule has 1 heterocycles. The van der Waals surface area contributed by atoms with Gasteiger partial charge >= 0.3 is 5.97 Å². The van der Waals surface area contributed by atoms with E-state index in [4.69, 9.17) is 9.84 Å². The van der Waals surface area contributed by atoms with Crippen molar-refractivity contribution in [2.75, 3.05) is 46.4 Å². The van der Waals surface area contributed by atoms with E-state index in [1.54, 1.807) is 11.9 Å². The zero-order chi connectivity index (χ0) is 18.1. The second-order valence-corrected chi connectivity index (χ2v) is 7.43. The fourth-order valence-electron chi connectivity index (χ4n) is 3.75. The molecule has 0 bridgehead atoms. The lowest BCUT2D eigenvalue weighted by molar-refractivity contribution is -0.138. The fraction of sp³-hybridized carbons (Fsp3) is 0.889. The molecule has 7 heteroatoms. The molecule has 1 saturated heterocycles. The van der Waals surface area contributed by atoms with Gasteiger partial charge in [0.05, 0.1) is 25.8 Å². The van der Waals surface area contributed by atoms with Crippen LogP contribution in [0.5, 0.6) is 0 Å². The Bertz CT molecular complexity index is 425. The van der Waals surface area contributed by atoms with E-state index in [0.717, 1.165) is 19.4 Å². The molecule has 1 aliphatic carbocycles. The van der Waals surface area contributed by atoms with Crippen LogP contribution in [-0.4, -0.2) is 85.3 Å². The number of hydrogen-bond donors (Lipinski definition) is 2. The fourth-order valence-corrected chi connectivity index (χ4v) is 3.75. The van der Waals surface area contributed by atoms with E-state index in [9.17, 15) is 9.59 Å². The van der Waals surface area contributed by atoms with Crippen LogP contribution in [0.1, 0.15) is 44.9 Å². The molecule has 25 heavy (non-hydrogen) atoms. The van der Waals surface area contributed by atoms with Gasteiger partial charge in [0, 0.05) is 25.7 Å². The van der Waals surface area contributed by atoms with Crippen LogP contribution >= 0.6 is 0 Å². The highest BCUT2D eigenvalue weighted by atomic mass is 16.5. The molecule has 1 amide bonds. The van der Waals surface area contributed by atoms with Crippen LogP contribution in [0, 0.1) is 0 Å². The topological polar surface area (TPSA) is 82.1 Å². The number of morpholine rings is 1. The highest BCUT2D eigenvalue weighted by molar-refractivity contribution is 5.78. The van der Waals surface area contributed by atoms with Gasteiger partial charge in [-0.2, -0.15) is 0 Å². The van der Waals surface area contributed by atoms with Gasteiger partial charge in [0.25, 0.3) is 0 Å². The minimum absolute atomic E-state index is 0.00201. The summed E-state index contributed by atoms with van der Waals surface area (Å²) in [5, 5.41) is 12.0. The van der Waals surface area contributed by atoms with Gasteiger partial charge in [-0.3, -0.25) is 19.4 Å². The maximum Gasteiger partial charge on any atom is 0.317 e. The lowest BCUT2D eigenvalue weighted by Crippen LogP contribution is -2.51. The predicted octanol–water partition coefficient (Wildman–Crippen LogP) is 0.933. The predicted molar refractivity (Wildman–Crippen MR) is 95.6 cm³/mol. The Kier molecular flexibility index (Phi) is 8.64. The van der Waals surface area contributed by atoms with E-state index < -0.39 is 5.97 Å². The quantitative estimate of drug-likeness (QED) is 0.707. The molecular weight excluding hydrogens is 322 g/mol. The number of ether oxygens (including phenoxy) is 1. The van der Waals surface area contributed by atoms with E-state index in [1.807, 2.05) is 0 Å². The van der Waals surface area contributed by atoms with Gasteiger partial charge in [-0.05, 0) is 19.9 Å². The number of rotatable bonds is 7. The molecule has 0 aromatic rings. The number of aliphatic carboxylic acids is 1. The standard InChI is InChI=1S/C18H33N3O4/c1-20(14-18(23)24)11-16-12-21(9-10-25-16)13-17(22)19-15-7-5-3-2-4-6-8-15/h15-16H,2-14H2,1H3,(H,19,22)(H,23,24).